The molecule has 2 aromatic heterocycles. The molecule has 3 heterocycles. The van der Waals surface area contributed by atoms with Gasteiger partial charge in [0.15, 0.2) is 0 Å². The number of rotatable bonds is 3. The van der Waals surface area contributed by atoms with E-state index in [9.17, 15) is 4.79 Å². The van der Waals surface area contributed by atoms with Crippen LogP contribution in [0.3, 0.4) is 0 Å². The second-order valence-electron chi connectivity index (χ2n) is 7.52. The van der Waals surface area contributed by atoms with Crippen LogP contribution in [-0.4, -0.2) is 47.0 Å². The van der Waals surface area contributed by atoms with Crippen LogP contribution in [0, 0.1) is 6.92 Å². The smallest absolute Gasteiger partial charge is 0.273 e. The van der Waals surface area contributed by atoms with Gasteiger partial charge in [-0.1, -0.05) is 35.9 Å². The van der Waals surface area contributed by atoms with E-state index in [2.05, 4.69) is 33.9 Å². The number of anilines is 1. The molecule has 1 N–H and O–H groups in total. The number of para-hydroxylation sites is 1. The Morgan fingerprint density at radius 2 is 1.90 bits per heavy atom. The van der Waals surface area contributed by atoms with E-state index < -0.39 is 0 Å². The first kappa shape index (κ1) is 19.2. The summed E-state index contributed by atoms with van der Waals surface area (Å²) in [7, 11) is 0. The van der Waals surface area contributed by atoms with E-state index in [0.29, 0.717) is 18.8 Å². The Hall–Kier alpha value is -2.83. The molecule has 152 valence electrons. The number of benzene rings is 2. The predicted octanol–water partition coefficient (Wildman–Crippen LogP) is 5.22. The normalized spacial score (nSPS) is 14.5. The highest BCUT2D eigenvalue weighted by Gasteiger charge is 2.25. The molecule has 1 fully saturated rings. The van der Waals surface area contributed by atoms with Gasteiger partial charge in [0.2, 0.25) is 0 Å². The summed E-state index contributed by atoms with van der Waals surface area (Å²) in [5.74, 6) is -0.00363. The van der Waals surface area contributed by atoms with Gasteiger partial charge in [0.1, 0.15) is 10.7 Å². The number of amides is 1. The molecular weight excluding hydrogens is 416 g/mol. The highest BCUT2D eigenvalue weighted by molar-refractivity contribution is 7.13. The van der Waals surface area contributed by atoms with Crippen LogP contribution in [0.1, 0.15) is 16.1 Å². The Labute approximate surface area is 183 Å². The van der Waals surface area contributed by atoms with Crippen LogP contribution in [0.15, 0.2) is 53.9 Å². The summed E-state index contributed by atoms with van der Waals surface area (Å²) in [6, 6.07) is 16.2. The SMILES string of the molecule is Cc1ccc(Cl)cc1N1CCN(C(=O)c2csc(-c3cc4ccccc4[nH]3)n2)CC1. The number of carbonyl (C=O) groups is 1. The molecule has 2 aromatic carbocycles. The van der Waals surface area contributed by atoms with Crippen molar-refractivity contribution in [3.63, 3.8) is 0 Å². The lowest BCUT2D eigenvalue weighted by Crippen LogP contribution is -2.49. The maximum absolute atomic E-state index is 13.0. The number of aromatic amines is 1. The number of H-pyrrole nitrogens is 1. The number of hydrogen-bond donors (Lipinski definition) is 1. The summed E-state index contributed by atoms with van der Waals surface area (Å²) in [5.41, 5.74) is 4.87. The van der Waals surface area contributed by atoms with E-state index in [1.54, 1.807) is 0 Å². The van der Waals surface area contributed by atoms with E-state index in [0.717, 1.165) is 45.4 Å². The minimum absolute atomic E-state index is 0.00363. The van der Waals surface area contributed by atoms with Gasteiger partial charge >= 0.3 is 0 Å². The van der Waals surface area contributed by atoms with Crippen LogP contribution in [-0.2, 0) is 0 Å². The number of piperazine rings is 1. The van der Waals surface area contributed by atoms with Crippen LogP contribution in [0.5, 0.6) is 0 Å². The fourth-order valence-corrected chi connectivity index (χ4v) is 4.85. The van der Waals surface area contributed by atoms with Crippen molar-refractivity contribution in [3.8, 4) is 10.7 Å². The van der Waals surface area contributed by atoms with E-state index in [4.69, 9.17) is 11.6 Å². The fraction of sp³-hybridized carbons (Fsp3) is 0.217. The van der Waals surface area contributed by atoms with Gasteiger partial charge in [-0.05, 0) is 36.8 Å². The maximum atomic E-state index is 13.0. The Morgan fingerprint density at radius 1 is 1.10 bits per heavy atom. The summed E-state index contributed by atoms with van der Waals surface area (Å²) >= 11 is 7.67. The van der Waals surface area contributed by atoms with Gasteiger partial charge in [-0.2, -0.15) is 0 Å². The molecule has 7 heteroatoms. The second-order valence-corrected chi connectivity index (χ2v) is 8.81. The molecule has 0 atom stereocenters. The molecule has 1 saturated heterocycles. The number of hydrogen-bond acceptors (Lipinski definition) is 4. The van der Waals surface area contributed by atoms with Gasteiger partial charge in [0, 0.05) is 53.2 Å². The van der Waals surface area contributed by atoms with E-state index >= 15 is 0 Å². The number of aromatic nitrogens is 2. The lowest BCUT2D eigenvalue weighted by Gasteiger charge is -2.36. The lowest BCUT2D eigenvalue weighted by atomic mass is 10.1. The molecule has 4 aromatic rings. The zero-order valence-electron chi connectivity index (χ0n) is 16.6. The summed E-state index contributed by atoms with van der Waals surface area (Å²) < 4.78 is 0. The fourth-order valence-electron chi connectivity index (χ4n) is 3.92. The first-order chi connectivity index (χ1) is 14.6. The molecule has 1 aliphatic rings. The summed E-state index contributed by atoms with van der Waals surface area (Å²) in [4.78, 5) is 25.2. The van der Waals surface area contributed by atoms with Crippen LogP contribution in [0.4, 0.5) is 5.69 Å². The van der Waals surface area contributed by atoms with Gasteiger partial charge in [-0.15, -0.1) is 11.3 Å². The minimum atomic E-state index is -0.00363. The Kier molecular flexibility index (Phi) is 4.97. The van der Waals surface area contributed by atoms with E-state index in [-0.39, 0.29) is 5.91 Å². The average molecular weight is 437 g/mol. The number of nitrogens with one attached hydrogen (secondary N) is 1. The Bertz CT molecular complexity index is 1190. The van der Waals surface area contributed by atoms with Crippen molar-refractivity contribution in [1.29, 1.82) is 0 Å². The molecule has 1 aliphatic heterocycles. The van der Waals surface area contributed by atoms with Crippen molar-refractivity contribution in [2.75, 3.05) is 31.1 Å². The first-order valence-corrected chi connectivity index (χ1v) is 11.2. The summed E-state index contributed by atoms with van der Waals surface area (Å²) in [6.07, 6.45) is 0. The van der Waals surface area contributed by atoms with Gasteiger partial charge in [-0.3, -0.25) is 4.79 Å². The van der Waals surface area contributed by atoms with Gasteiger partial charge < -0.3 is 14.8 Å². The van der Waals surface area contributed by atoms with E-state index in [1.807, 2.05) is 46.7 Å². The number of thiazole rings is 1. The molecule has 0 bridgehead atoms. The third kappa shape index (κ3) is 3.57. The number of nitrogens with zero attached hydrogens (tertiary/aromatic N) is 3. The monoisotopic (exact) mass is 436 g/mol. The summed E-state index contributed by atoms with van der Waals surface area (Å²) in [6.45, 7) is 5.00. The molecule has 0 aliphatic carbocycles. The second kappa shape index (κ2) is 7.78. The quantitative estimate of drug-likeness (QED) is 0.479. The van der Waals surface area contributed by atoms with Crippen LogP contribution in [0.25, 0.3) is 21.6 Å². The molecule has 5 nitrogen and oxygen atoms in total. The van der Waals surface area contributed by atoms with Crippen LogP contribution in [0.2, 0.25) is 5.02 Å². The van der Waals surface area contributed by atoms with Crippen molar-refractivity contribution in [3.05, 3.63) is 70.2 Å². The average Bonchev–Trinajstić information content (AvgIpc) is 3.42. The number of fused-ring (bicyclic) bond motifs is 1. The third-order valence-electron chi connectivity index (χ3n) is 5.56. The van der Waals surface area contributed by atoms with Crippen molar-refractivity contribution in [2.45, 2.75) is 6.92 Å². The number of aryl methyl sites for hydroxylation is 1. The predicted molar refractivity (Wildman–Crippen MR) is 124 cm³/mol. The zero-order chi connectivity index (χ0) is 20.7. The van der Waals surface area contributed by atoms with Crippen molar-refractivity contribution in [1.82, 2.24) is 14.9 Å². The largest absolute Gasteiger partial charge is 0.368 e. The molecule has 0 spiro atoms. The highest BCUT2D eigenvalue weighted by Crippen LogP contribution is 2.28. The highest BCUT2D eigenvalue weighted by atomic mass is 35.5. The van der Waals surface area contributed by atoms with Crippen LogP contribution < -0.4 is 4.90 Å². The molecule has 1 amide bonds. The molecule has 5 rings (SSSR count). The standard InChI is InChI=1S/C23H21ClN4OS/c1-15-6-7-17(24)13-21(15)27-8-10-28(11-9-27)23(29)20-14-30-22(26-20)19-12-16-4-2-3-5-18(16)25-19/h2-7,12-14,25H,8-11H2,1H3. The van der Waals surface area contributed by atoms with Gasteiger partial charge in [-0.25, -0.2) is 4.98 Å². The number of carbonyl (C=O) groups excluding carboxylic acids is 1. The molecule has 0 radical (unpaired) electrons. The first-order valence-electron chi connectivity index (χ1n) is 9.92. The summed E-state index contributed by atoms with van der Waals surface area (Å²) in [5, 5.41) is 4.57. The Morgan fingerprint density at radius 3 is 2.70 bits per heavy atom. The van der Waals surface area contributed by atoms with Gasteiger partial charge in [0.25, 0.3) is 5.91 Å². The van der Waals surface area contributed by atoms with Crippen LogP contribution >= 0.6 is 22.9 Å². The zero-order valence-corrected chi connectivity index (χ0v) is 18.1. The van der Waals surface area contributed by atoms with E-state index in [1.165, 1.54) is 16.9 Å². The van der Waals surface area contributed by atoms with Gasteiger partial charge in [0.05, 0.1) is 5.69 Å². The topological polar surface area (TPSA) is 52.2 Å². The molecule has 0 unspecified atom stereocenters. The molecule has 0 saturated carbocycles. The van der Waals surface area contributed by atoms with Crippen molar-refractivity contribution < 1.29 is 4.79 Å². The third-order valence-corrected chi connectivity index (χ3v) is 6.67. The van der Waals surface area contributed by atoms with Crippen molar-refractivity contribution >= 4 is 45.4 Å². The minimum Gasteiger partial charge on any atom is -0.368 e. The molecule has 30 heavy (non-hydrogen) atoms. The van der Waals surface area contributed by atoms with Crippen molar-refractivity contribution in [2.24, 2.45) is 0 Å². The Balaban J connectivity index is 1.29. The molecular formula is C23H21ClN4OS. The lowest BCUT2D eigenvalue weighted by molar-refractivity contribution is 0.0742. The maximum Gasteiger partial charge on any atom is 0.273 e. The number of halogens is 1.